The minimum atomic E-state index is 0.352. The van der Waals surface area contributed by atoms with Crippen molar-refractivity contribution in [2.75, 3.05) is 13.2 Å². The molecule has 2 aromatic carbocycles. The monoisotopic (exact) mass is 297 g/mol. The molecule has 0 amide bonds. The largest absolute Gasteiger partial charge is 0.493 e. The second kappa shape index (κ2) is 7.46. The third kappa shape index (κ3) is 4.11. The summed E-state index contributed by atoms with van der Waals surface area (Å²) in [7, 11) is 0. The molecule has 0 radical (unpaired) electrons. The number of ether oxygens (including phenoxy) is 1. The molecule has 1 unspecified atom stereocenters. The van der Waals surface area contributed by atoms with Crippen molar-refractivity contribution in [1.82, 2.24) is 0 Å². The van der Waals surface area contributed by atoms with Crippen molar-refractivity contribution in [2.24, 2.45) is 5.73 Å². The van der Waals surface area contributed by atoms with Crippen LogP contribution in [-0.4, -0.2) is 13.2 Å². The van der Waals surface area contributed by atoms with Crippen molar-refractivity contribution >= 4 is 0 Å². The first-order valence-corrected chi connectivity index (χ1v) is 7.98. The van der Waals surface area contributed by atoms with Crippen LogP contribution >= 0.6 is 0 Å². The Morgan fingerprint density at radius 1 is 0.909 bits per heavy atom. The lowest BCUT2D eigenvalue weighted by molar-refractivity contribution is 0.296. The lowest BCUT2D eigenvalue weighted by atomic mass is 9.91. The van der Waals surface area contributed by atoms with Crippen LogP contribution in [-0.2, 0) is 0 Å². The predicted molar refractivity (Wildman–Crippen MR) is 93.7 cm³/mol. The fourth-order valence-corrected chi connectivity index (χ4v) is 2.87. The van der Waals surface area contributed by atoms with Crippen LogP contribution < -0.4 is 10.5 Å². The number of rotatable bonds is 6. The zero-order chi connectivity index (χ0) is 16.1. The van der Waals surface area contributed by atoms with E-state index in [-0.39, 0.29) is 0 Å². The van der Waals surface area contributed by atoms with E-state index in [9.17, 15) is 0 Å². The molecule has 2 aromatic rings. The maximum absolute atomic E-state index is 6.00. The highest BCUT2D eigenvalue weighted by molar-refractivity contribution is 5.36. The standard InChI is InChI=1S/C20H27NO/c1-14-6-8-20(17(4)11-14)22-10-9-18(13-21)19-12-15(2)5-7-16(19)3/h5-8,11-12,18H,9-10,13,21H2,1-4H3. The van der Waals surface area contributed by atoms with Gasteiger partial charge < -0.3 is 10.5 Å². The van der Waals surface area contributed by atoms with E-state index in [1.807, 2.05) is 0 Å². The summed E-state index contributed by atoms with van der Waals surface area (Å²) in [5.74, 6) is 1.33. The zero-order valence-electron chi connectivity index (χ0n) is 14.1. The summed E-state index contributed by atoms with van der Waals surface area (Å²) >= 11 is 0. The van der Waals surface area contributed by atoms with Crippen molar-refractivity contribution in [3.8, 4) is 5.75 Å². The van der Waals surface area contributed by atoms with Crippen LogP contribution in [0.2, 0.25) is 0 Å². The first-order valence-electron chi connectivity index (χ1n) is 7.98. The molecule has 0 saturated heterocycles. The molecule has 0 aromatic heterocycles. The van der Waals surface area contributed by atoms with Gasteiger partial charge in [-0.2, -0.15) is 0 Å². The first kappa shape index (κ1) is 16.6. The topological polar surface area (TPSA) is 35.2 Å². The number of nitrogens with two attached hydrogens (primary N) is 1. The molecular formula is C20H27NO. The summed E-state index contributed by atoms with van der Waals surface area (Å²) in [5.41, 5.74) is 12.4. The van der Waals surface area contributed by atoms with Gasteiger partial charge in [0.05, 0.1) is 6.61 Å². The molecule has 0 bridgehead atoms. The molecular weight excluding hydrogens is 270 g/mol. The molecule has 0 spiro atoms. The molecule has 0 saturated carbocycles. The minimum Gasteiger partial charge on any atom is -0.493 e. The molecule has 0 heterocycles. The normalized spacial score (nSPS) is 12.2. The Morgan fingerprint density at radius 2 is 1.59 bits per heavy atom. The van der Waals surface area contributed by atoms with Crippen molar-refractivity contribution in [2.45, 2.75) is 40.0 Å². The molecule has 2 N–H and O–H groups in total. The highest BCUT2D eigenvalue weighted by Gasteiger charge is 2.13. The maximum Gasteiger partial charge on any atom is 0.122 e. The van der Waals surface area contributed by atoms with Crippen LogP contribution in [0.15, 0.2) is 36.4 Å². The molecule has 118 valence electrons. The van der Waals surface area contributed by atoms with E-state index < -0.39 is 0 Å². The summed E-state index contributed by atoms with van der Waals surface area (Å²) in [6.45, 7) is 9.82. The third-order valence-electron chi connectivity index (χ3n) is 4.21. The van der Waals surface area contributed by atoms with Crippen LogP contribution in [0.5, 0.6) is 5.75 Å². The van der Waals surface area contributed by atoms with Crippen LogP contribution in [0.3, 0.4) is 0 Å². The Morgan fingerprint density at radius 3 is 2.27 bits per heavy atom. The van der Waals surface area contributed by atoms with E-state index in [0.29, 0.717) is 19.1 Å². The first-order chi connectivity index (χ1) is 10.5. The van der Waals surface area contributed by atoms with Crippen LogP contribution in [0, 0.1) is 27.7 Å². The van der Waals surface area contributed by atoms with E-state index in [1.54, 1.807) is 0 Å². The molecule has 0 fully saturated rings. The highest BCUT2D eigenvalue weighted by Crippen LogP contribution is 2.25. The minimum absolute atomic E-state index is 0.352. The summed E-state index contributed by atoms with van der Waals surface area (Å²) < 4.78 is 5.96. The van der Waals surface area contributed by atoms with Gasteiger partial charge in [0.2, 0.25) is 0 Å². The van der Waals surface area contributed by atoms with Gasteiger partial charge >= 0.3 is 0 Å². The van der Waals surface area contributed by atoms with Crippen LogP contribution in [0.4, 0.5) is 0 Å². The summed E-state index contributed by atoms with van der Waals surface area (Å²) in [5, 5.41) is 0. The van der Waals surface area contributed by atoms with E-state index in [0.717, 1.165) is 12.2 Å². The molecule has 0 aliphatic carbocycles. The summed E-state index contributed by atoms with van der Waals surface area (Å²) in [4.78, 5) is 0. The number of hydrogen-bond donors (Lipinski definition) is 1. The number of aryl methyl sites for hydroxylation is 4. The highest BCUT2D eigenvalue weighted by atomic mass is 16.5. The quantitative estimate of drug-likeness (QED) is 0.856. The lowest BCUT2D eigenvalue weighted by Gasteiger charge is -2.19. The van der Waals surface area contributed by atoms with Gasteiger partial charge in [-0.05, 0) is 69.3 Å². The summed E-state index contributed by atoms with van der Waals surface area (Å²) in [6.07, 6.45) is 0.939. The lowest BCUT2D eigenvalue weighted by Crippen LogP contribution is -2.17. The second-order valence-corrected chi connectivity index (χ2v) is 6.20. The Hall–Kier alpha value is -1.80. The van der Waals surface area contributed by atoms with Crippen molar-refractivity contribution in [3.63, 3.8) is 0 Å². The Balaban J connectivity index is 2.01. The van der Waals surface area contributed by atoms with Gasteiger partial charge in [-0.25, -0.2) is 0 Å². The van der Waals surface area contributed by atoms with E-state index in [2.05, 4.69) is 64.1 Å². The van der Waals surface area contributed by atoms with E-state index in [1.165, 1.54) is 27.8 Å². The summed E-state index contributed by atoms with van der Waals surface area (Å²) in [6, 6.07) is 12.9. The van der Waals surface area contributed by atoms with Gasteiger partial charge in [-0.3, -0.25) is 0 Å². The Bertz CT molecular complexity index is 634. The van der Waals surface area contributed by atoms with Gasteiger partial charge in [-0.1, -0.05) is 41.5 Å². The van der Waals surface area contributed by atoms with Gasteiger partial charge in [0.25, 0.3) is 0 Å². The third-order valence-corrected chi connectivity index (χ3v) is 4.21. The molecule has 0 aliphatic heterocycles. The van der Waals surface area contributed by atoms with Gasteiger partial charge in [-0.15, -0.1) is 0 Å². The smallest absolute Gasteiger partial charge is 0.122 e. The van der Waals surface area contributed by atoms with E-state index in [4.69, 9.17) is 10.5 Å². The molecule has 0 aliphatic rings. The van der Waals surface area contributed by atoms with Crippen LogP contribution in [0.1, 0.15) is 40.2 Å². The average Bonchev–Trinajstić information content (AvgIpc) is 2.48. The Labute approximate surface area is 134 Å². The van der Waals surface area contributed by atoms with Gasteiger partial charge in [0.15, 0.2) is 0 Å². The predicted octanol–water partition coefficient (Wildman–Crippen LogP) is 4.43. The maximum atomic E-state index is 6.00. The molecule has 2 nitrogen and oxygen atoms in total. The fraction of sp³-hybridized carbons (Fsp3) is 0.400. The van der Waals surface area contributed by atoms with Gasteiger partial charge in [0.1, 0.15) is 5.75 Å². The van der Waals surface area contributed by atoms with Crippen molar-refractivity contribution in [3.05, 3.63) is 64.2 Å². The van der Waals surface area contributed by atoms with Crippen molar-refractivity contribution < 1.29 is 4.74 Å². The van der Waals surface area contributed by atoms with Crippen LogP contribution in [0.25, 0.3) is 0 Å². The second-order valence-electron chi connectivity index (χ2n) is 6.20. The molecule has 1 atom stereocenters. The number of benzene rings is 2. The Kier molecular flexibility index (Phi) is 5.62. The van der Waals surface area contributed by atoms with E-state index >= 15 is 0 Å². The van der Waals surface area contributed by atoms with Crippen molar-refractivity contribution in [1.29, 1.82) is 0 Å². The zero-order valence-corrected chi connectivity index (χ0v) is 14.1. The molecule has 2 rings (SSSR count). The van der Waals surface area contributed by atoms with Gasteiger partial charge in [0, 0.05) is 0 Å². The fourth-order valence-electron chi connectivity index (χ4n) is 2.87. The SMILES string of the molecule is Cc1ccc(OCCC(CN)c2cc(C)ccc2C)c(C)c1. The number of hydrogen-bond acceptors (Lipinski definition) is 2. The molecule has 2 heteroatoms. The molecule has 22 heavy (non-hydrogen) atoms. The average molecular weight is 297 g/mol.